The topological polar surface area (TPSA) is 37.3 Å². The second kappa shape index (κ2) is 4.82. The number of hydrogen-bond acceptors (Lipinski definition) is 2. The van der Waals surface area contributed by atoms with E-state index in [9.17, 15) is 9.90 Å². The van der Waals surface area contributed by atoms with E-state index in [1.165, 1.54) is 32.1 Å². The molecular formula is C20H32O2. The predicted molar refractivity (Wildman–Crippen MR) is 87.3 cm³/mol. The molecule has 4 saturated carbocycles. The van der Waals surface area contributed by atoms with E-state index < -0.39 is 0 Å². The number of ketones is 1. The monoisotopic (exact) mass is 304 g/mol. The maximum Gasteiger partial charge on any atom is 0.138 e. The molecule has 0 aromatic heterocycles. The van der Waals surface area contributed by atoms with Crippen LogP contribution >= 0.6 is 0 Å². The van der Waals surface area contributed by atoms with Gasteiger partial charge in [-0.1, -0.05) is 20.8 Å². The van der Waals surface area contributed by atoms with Crippen LogP contribution in [-0.4, -0.2) is 17.0 Å². The average Bonchev–Trinajstić information content (AvgIpc) is 2.79. The van der Waals surface area contributed by atoms with E-state index in [1.54, 1.807) is 0 Å². The fourth-order valence-electron chi connectivity index (χ4n) is 7.26. The Balaban J connectivity index is 1.62. The van der Waals surface area contributed by atoms with E-state index in [4.69, 9.17) is 0 Å². The quantitative estimate of drug-likeness (QED) is 0.728. The summed E-state index contributed by atoms with van der Waals surface area (Å²) in [6.45, 7) is 6.77. The van der Waals surface area contributed by atoms with Crippen molar-refractivity contribution in [2.24, 2.45) is 40.4 Å². The van der Waals surface area contributed by atoms with Gasteiger partial charge in [-0.05, 0) is 80.0 Å². The fourth-order valence-corrected chi connectivity index (χ4v) is 7.26. The van der Waals surface area contributed by atoms with Gasteiger partial charge in [0, 0.05) is 11.8 Å². The van der Waals surface area contributed by atoms with Crippen molar-refractivity contribution in [3.8, 4) is 0 Å². The summed E-state index contributed by atoms with van der Waals surface area (Å²) in [5, 5.41) is 10.5. The van der Waals surface area contributed by atoms with E-state index in [0.29, 0.717) is 11.7 Å². The SMILES string of the molecule is CC1(C)C(=O)CC[C@@H]2[C@H]3CC[C@]4(C)[C@@H](O)CC[C@H]4[C@@H]3CC[C@H]21. The number of carbonyl (C=O) groups excluding carboxylic acids is 1. The molecule has 0 saturated heterocycles. The van der Waals surface area contributed by atoms with Gasteiger partial charge in [0.05, 0.1) is 6.10 Å². The van der Waals surface area contributed by atoms with Crippen LogP contribution in [0, 0.1) is 40.4 Å². The normalized spacial score (nSPS) is 53.5. The van der Waals surface area contributed by atoms with Gasteiger partial charge in [0.25, 0.3) is 0 Å². The summed E-state index contributed by atoms with van der Waals surface area (Å²) in [7, 11) is 0. The number of Topliss-reactive ketones (excluding diaryl/α,β-unsaturated/α-hetero) is 1. The molecule has 0 heterocycles. The highest BCUT2D eigenvalue weighted by Crippen LogP contribution is 2.63. The zero-order chi connectivity index (χ0) is 15.7. The second-order valence-electron chi connectivity index (χ2n) is 9.60. The highest BCUT2D eigenvalue weighted by atomic mass is 16.3. The van der Waals surface area contributed by atoms with E-state index in [1.807, 2.05) is 0 Å². The molecule has 0 aromatic rings. The lowest BCUT2D eigenvalue weighted by molar-refractivity contribution is -0.146. The first-order valence-electron chi connectivity index (χ1n) is 9.57. The second-order valence-corrected chi connectivity index (χ2v) is 9.60. The Morgan fingerprint density at radius 1 is 0.864 bits per heavy atom. The predicted octanol–water partition coefficient (Wildman–Crippen LogP) is 4.21. The minimum absolute atomic E-state index is 0.0689. The van der Waals surface area contributed by atoms with Crippen LogP contribution < -0.4 is 0 Å². The van der Waals surface area contributed by atoms with Crippen molar-refractivity contribution in [2.75, 3.05) is 0 Å². The van der Waals surface area contributed by atoms with Crippen LogP contribution in [0.5, 0.6) is 0 Å². The summed E-state index contributed by atoms with van der Waals surface area (Å²) in [4.78, 5) is 12.4. The minimum atomic E-state index is -0.0934. The smallest absolute Gasteiger partial charge is 0.138 e. The number of fused-ring (bicyclic) bond motifs is 5. The largest absolute Gasteiger partial charge is 0.393 e. The van der Waals surface area contributed by atoms with E-state index in [0.717, 1.165) is 42.9 Å². The maximum atomic E-state index is 12.4. The average molecular weight is 304 g/mol. The fraction of sp³-hybridized carbons (Fsp3) is 0.950. The van der Waals surface area contributed by atoms with Gasteiger partial charge in [-0.15, -0.1) is 0 Å². The molecule has 0 radical (unpaired) electrons. The summed E-state index contributed by atoms with van der Waals surface area (Å²) < 4.78 is 0. The van der Waals surface area contributed by atoms with Crippen LogP contribution in [0.4, 0.5) is 0 Å². The Bertz CT molecular complexity index is 482. The molecular weight excluding hydrogens is 272 g/mol. The Morgan fingerprint density at radius 2 is 1.55 bits per heavy atom. The molecule has 4 fully saturated rings. The summed E-state index contributed by atoms with van der Waals surface area (Å²) in [6, 6.07) is 0. The van der Waals surface area contributed by atoms with Crippen molar-refractivity contribution < 1.29 is 9.90 Å². The number of aliphatic hydroxyl groups excluding tert-OH is 1. The van der Waals surface area contributed by atoms with Gasteiger partial charge >= 0.3 is 0 Å². The van der Waals surface area contributed by atoms with Crippen molar-refractivity contribution in [3.63, 3.8) is 0 Å². The lowest BCUT2D eigenvalue weighted by Crippen LogP contribution is -2.53. The van der Waals surface area contributed by atoms with Gasteiger partial charge in [0.15, 0.2) is 0 Å². The molecule has 124 valence electrons. The number of carbonyl (C=O) groups is 1. The van der Waals surface area contributed by atoms with Crippen molar-refractivity contribution in [1.29, 1.82) is 0 Å². The van der Waals surface area contributed by atoms with Crippen LogP contribution in [-0.2, 0) is 4.79 Å². The molecule has 22 heavy (non-hydrogen) atoms. The number of rotatable bonds is 0. The van der Waals surface area contributed by atoms with Crippen molar-refractivity contribution in [3.05, 3.63) is 0 Å². The molecule has 4 aliphatic carbocycles. The third-order valence-electron chi connectivity index (χ3n) is 8.67. The Labute approximate surface area is 135 Å². The molecule has 2 nitrogen and oxygen atoms in total. The van der Waals surface area contributed by atoms with Gasteiger partial charge in [-0.3, -0.25) is 4.79 Å². The van der Waals surface area contributed by atoms with Crippen molar-refractivity contribution in [2.45, 2.75) is 78.2 Å². The van der Waals surface area contributed by atoms with E-state index >= 15 is 0 Å². The Morgan fingerprint density at radius 3 is 2.32 bits per heavy atom. The summed E-state index contributed by atoms with van der Waals surface area (Å²) in [5.74, 6) is 4.28. The number of aliphatic hydroxyl groups is 1. The third-order valence-corrected chi connectivity index (χ3v) is 8.67. The summed E-state index contributed by atoms with van der Waals surface area (Å²) in [6.07, 6.45) is 9.17. The van der Waals surface area contributed by atoms with Gasteiger partial charge in [0.1, 0.15) is 5.78 Å². The Hall–Kier alpha value is -0.370. The molecule has 0 aromatic carbocycles. The minimum Gasteiger partial charge on any atom is -0.393 e. The van der Waals surface area contributed by atoms with Crippen LogP contribution in [0.2, 0.25) is 0 Å². The summed E-state index contributed by atoms with van der Waals surface area (Å²) >= 11 is 0. The Kier molecular flexibility index (Phi) is 3.32. The molecule has 0 spiro atoms. The molecule has 1 N–H and O–H groups in total. The van der Waals surface area contributed by atoms with Gasteiger partial charge in [-0.2, -0.15) is 0 Å². The first-order valence-corrected chi connectivity index (χ1v) is 9.57. The summed E-state index contributed by atoms with van der Waals surface area (Å²) in [5.41, 5.74) is 0.0951. The maximum absolute atomic E-state index is 12.4. The van der Waals surface area contributed by atoms with Crippen molar-refractivity contribution in [1.82, 2.24) is 0 Å². The molecule has 4 rings (SSSR count). The van der Waals surface area contributed by atoms with Crippen LogP contribution in [0.1, 0.15) is 72.1 Å². The van der Waals surface area contributed by atoms with Crippen LogP contribution in [0.15, 0.2) is 0 Å². The molecule has 0 amide bonds. The highest BCUT2D eigenvalue weighted by Gasteiger charge is 2.58. The third kappa shape index (κ3) is 1.85. The highest BCUT2D eigenvalue weighted by molar-refractivity contribution is 5.85. The molecule has 4 aliphatic rings. The van der Waals surface area contributed by atoms with Gasteiger partial charge < -0.3 is 5.11 Å². The number of hydrogen-bond donors (Lipinski definition) is 1. The van der Waals surface area contributed by atoms with E-state index in [2.05, 4.69) is 20.8 Å². The first-order chi connectivity index (χ1) is 10.4. The lowest BCUT2D eigenvalue weighted by Gasteiger charge is -2.57. The molecule has 2 heteroatoms. The molecule has 7 atom stereocenters. The first kappa shape index (κ1) is 15.2. The van der Waals surface area contributed by atoms with Crippen molar-refractivity contribution >= 4 is 5.78 Å². The van der Waals surface area contributed by atoms with E-state index in [-0.39, 0.29) is 16.9 Å². The molecule has 0 unspecified atom stereocenters. The standard InChI is InChI=1S/C20H32O2/c1-19(2)15-6-4-14-12(13(15)5-8-17(19)21)10-11-20(3)16(14)7-9-18(20)22/h12-16,18,22H,4-11H2,1-3H3/t12-,13-,14-,15-,16+,18+,20+/m1/s1. The van der Waals surface area contributed by atoms with Crippen LogP contribution in [0.3, 0.4) is 0 Å². The molecule has 0 aliphatic heterocycles. The molecule has 0 bridgehead atoms. The van der Waals surface area contributed by atoms with Gasteiger partial charge in [-0.25, -0.2) is 0 Å². The zero-order valence-corrected chi connectivity index (χ0v) is 14.5. The van der Waals surface area contributed by atoms with Gasteiger partial charge in [0.2, 0.25) is 0 Å². The lowest BCUT2D eigenvalue weighted by atomic mass is 9.47. The zero-order valence-electron chi connectivity index (χ0n) is 14.5. The van der Waals surface area contributed by atoms with Crippen LogP contribution in [0.25, 0.3) is 0 Å².